The summed E-state index contributed by atoms with van der Waals surface area (Å²) in [6.45, 7) is 0.521. The Kier molecular flexibility index (Phi) is 5.42. The smallest absolute Gasteiger partial charge is 0.316 e. The Balaban J connectivity index is 3.41. The van der Waals surface area contributed by atoms with Crippen molar-refractivity contribution in [3.8, 4) is 0 Å². The number of hydrogen-bond acceptors (Lipinski definition) is 3. The van der Waals surface area contributed by atoms with E-state index in [9.17, 15) is 4.79 Å². The van der Waals surface area contributed by atoms with Gasteiger partial charge in [-0.25, -0.2) is 4.79 Å². The van der Waals surface area contributed by atoms with Gasteiger partial charge >= 0.3 is 6.03 Å². The fourth-order valence-corrected chi connectivity index (χ4v) is 0.673. The molecule has 0 heterocycles. The van der Waals surface area contributed by atoms with Gasteiger partial charge in [0.2, 0.25) is 0 Å². The molecule has 0 saturated heterocycles. The van der Waals surface area contributed by atoms with Gasteiger partial charge in [-0.05, 0) is 6.42 Å². The van der Waals surface area contributed by atoms with Crippen molar-refractivity contribution < 1.29 is 10.0 Å². The third kappa shape index (κ3) is 5.77. The topological polar surface area (TPSA) is 91.0 Å². The Labute approximate surface area is 77.4 Å². The fraction of sp³-hybridized carbons (Fsp3) is 0.714. The molecule has 76 valence electrons. The van der Waals surface area contributed by atoms with Crippen LogP contribution in [0, 0.1) is 0 Å². The molecule has 4 N–H and O–H groups in total. The Hall–Kier alpha value is -1.46. The van der Waals surface area contributed by atoms with Crippen molar-refractivity contribution >= 4 is 11.9 Å². The number of amidine groups is 1. The first-order chi connectivity index (χ1) is 6.07. The maximum atomic E-state index is 11.0. The molecule has 0 aromatic carbocycles. The molecule has 13 heavy (non-hydrogen) atoms. The molecule has 0 radical (unpaired) electrons. The first kappa shape index (κ1) is 11.5. The molecule has 0 fully saturated rings. The van der Waals surface area contributed by atoms with Crippen LogP contribution in [-0.4, -0.2) is 42.6 Å². The number of nitrogens with two attached hydrogens (primary N) is 1. The van der Waals surface area contributed by atoms with E-state index in [0.29, 0.717) is 19.4 Å². The number of rotatable bonds is 4. The van der Waals surface area contributed by atoms with Crippen LogP contribution in [0.5, 0.6) is 0 Å². The van der Waals surface area contributed by atoms with Crippen LogP contribution in [-0.2, 0) is 0 Å². The molecular formula is C7H16N4O2. The predicted molar refractivity (Wildman–Crippen MR) is 49.7 cm³/mol. The lowest BCUT2D eigenvalue weighted by Crippen LogP contribution is -2.35. The Morgan fingerprint density at radius 3 is 2.69 bits per heavy atom. The minimum Gasteiger partial charge on any atom is -0.409 e. The van der Waals surface area contributed by atoms with Crippen LogP contribution in [0.25, 0.3) is 0 Å². The lowest BCUT2D eigenvalue weighted by molar-refractivity contribution is 0.217. The molecule has 0 unspecified atom stereocenters. The lowest BCUT2D eigenvalue weighted by atomic mass is 10.3. The van der Waals surface area contributed by atoms with Gasteiger partial charge in [-0.3, -0.25) is 0 Å². The van der Waals surface area contributed by atoms with Crippen molar-refractivity contribution in [3.05, 3.63) is 0 Å². The number of urea groups is 1. The minimum absolute atomic E-state index is 0.139. The highest BCUT2D eigenvalue weighted by Crippen LogP contribution is 1.87. The van der Waals surface area contributed by atoms with E-state index in [1.165, 1.54) is 4.90 Å². The summed E-state index contributed by atoms with van der Waals surface area (Å²) in [5.74, 6) is 0.180. The molecule has 0 aliphatic rings. The van der Waals surface area contributed by atoms with E-state index < -0.39 is 0 Å². The second kappa shape index (κ2) is 6.10. The second-order valence-corrected chi connectivity index (χ2v) is 2.82. The van der Waals surface area contributed by atoms with Gasteiger partial charge in [0.1, 0.15) is 5.84 Å². The highest BCUT2D eigenvalue weighted by atomic mass is 16.4. The number of carbonyl (C=O) groups excluding carboxylic acids is 1. The Morgan fingerprint density at radius 1 is 1.62 bits per heavy atom. The average molecular weight is 188 g/mol. The highest BCUT2D eigenvalue weighted by Gasteiger charge is 2.01. The van der Waals surface area contributed by atoms with Gasteiger partial charge < -0.3 is 21.2 Å². The third-order valence-electron chi connectivity index (χ3n) is 1.42. The molecule has 0 saturated carbocycles. The van der Waals surface area contributed by atoms with Crippen molar-refractivity contribution in [2.45, 2.75) is 12.8 Å². The summed E-state index contributed by atoms with van der Waals surface area (Å²) in [5.41, 5.74) is 5.23. The number of oxime groups is 1. The van der Waals surface area contributed by atoms with Crippen molar-refractivity contribution in [2.75, 3.05) is 20.6 Å². The maximum absolute atomic E-state index is 11.0. The summed E-state index contributed by atoms with van der Waals surface area (Å²) in [5, 5.41) is 13.7. The Bertz CT molecular complexity index is 191. The molecule has 6 nitrogen and oxygen atoms in total. The van der Waals surface area contributed by atoms with E-state index in [1.54, 1.807) is 14.1 Å². The molecular weight excluding hydrogens is 172 g/mol. The van der Waals surface area contributed by atoms with E-state index in [2.05, 4.69) is 10.5 Å². The van der Waals surface area contributed by atoms with Gasteiger partial charge in [0, 0.05) is 27.1 Å². The predicted octanol–water partition coefficient (Wildman–Crippen LogP) is -0.216. The first-order valence-corrected chi connectivity index (χ1v) is 3.99. The molecule has 2 amide bonds. The van der Waals surface area contributed by atoms with Gasteiger partial charge in [-0.2, -0.15) is 0 Å². The standard InChI is InChI=1S/C7H16N4O2/c1-11(2)7(12)9-5-3-4-6(8)10-13/h13H,3-5H2,1-2H3,(H2,8,10)(H,9,12). The fourth-order valence-electron chi connectivity index (χ4n) is 0.673. The number of nitrogens with one attached hydrogen (secondary N) is 1. The summed E-state index contributed by atoms with van der Waals surface area (Å²) in [6, 6.07) is -0.139. The molecule has 0 bridgehead atoms. The van der Waals surface area contributed by atoms with Gasteiger partial charge in [0.25, 0.3) is 0 Å². The Morgan fingerprint density at radius 2 is 2.23 bits per heavy atom. The molecule has 0 aliphatic carbocycles. The maximum Gasteiger partial charge on any atom is 0.316 e. The van der Waals surface area contributed by atoms with E-state index in [0.717, 1.165) is 0 Å². The number of hydrogen-bond donors (Lipinski definition) is 3. The van der Waals surface area contributed by atoms with Gasteiger partial charge in [-0.15, -0.1) is 0 Å². The van der Waals surface area contributed by atoms with Crippen LogP contribution in [0.2, 0.25) is 0 Å². The summed E-state index contributed by atoms with van der Waals surface area (Å²) < 4.78 is 0. The zero-order chi connectivity index (χ0) is 10.3. The van der Waals surface area contributed by atoms with Crippen molar-refractivity contribution in [3.63, 3.8) is 0 Å². The van der Waals surface area contributed by atoms with Crippen molar-refractivity contribution in [2.24, 2.45) is 10.9 Å². The first-order valence-electron chi connectivity index (χ1n) is 3.99. The summed E-state index contributed by atoms with van der Waals surface area (Å²) in [7, 11) is 3.33. The number of amides is 2. The van der Waals surface area contributed by atoms with E-state index >= 15 is 0 Å². The minimum atomic E-state index is -0.139. The summed E-state index contributed by atoms with van der Waals surface area (Å²) in [4.78, 5) is 12.4. The van der Waals surface area contributed by atoms with E-state index in [-0.39, 0.29) is 11.9 Å². The van der Waals surface area contributed by atoms with Crippen LogP contribution in [0.4, 0.5) is 4.79 Å². The molecule has 0 atom stereocenters. The summed E-state index contributed by atoms with van der Waals surface area (Å²) in [6.07, 6.45) is 1.14. The van der Waals surface area contributed by atoms with Crippen LogP contribution < -0.4 is 11.1 Å². The molecule has 0 aromatic heterocycles. The summed E-state index contributed by atoms with van der Waals surface area (Å²) >= 11 is 0. The molecule has 0 rings (SSSR count). The van der Waals surface area contributed by atoms with Gasteiger partial charge in [0.15, 0.2) is 0 Å². The zero-order valence-electron chi connectivity index (χ0n) is 7.95. The van der Waals surface area contributed by atoms with Gasteiger partial charge in [-0.1, -0.05) is 5.16 Å². The zero-order valence-corrected chi connectivity index (χ0v) is 7.95. The number of carbonyl (C=O) groups is 1. The van der Waals surface area contributed by atoms with Crippen molar-refractivity contribution in [1.82, 2.24) is 10.2 Å². The SMILES string of the molecule is CN(C)C(=O)NCCCC(N)=NO. The lowest BCUT2D eigenvalue weighted by Gasteiger charge is -2.11. The molecule has 6 heteroatoms. The van der Waals surface area contributed by atoms with Crippen LogP contribution in [0.15, 0.2) is 5.16 Å². The van der Waals surface area contributed by atoms with Crippen molar-refractivity contribution in [1.29, 1.82) is 0 Å². The molecule has 0 aromatic rings. The monoisotopic (exact) mass is 188 g/mol. The van der Waals surface area contributed by atoms with E-state index in [4.69, 9.17) is 10.9 Å². The molecule has 0 aliphatic heterocycles. The van der Waals surface area contributed by atoms with Gasteiger partial charge in [0.05, 0.1) is 0 Å². The quantitative estimate of drug-likeness (QED) is 0.187. The van der Waals surface area contributed by atoms with Crippen LogP contribution in [0.3, 0.4) is 0 Å². The third-order valence-corrected chi connectivity index (χ3v) is 1.42. The second-order valence-electron chi connectivity index (χ2n) is 2.82. The normalized spacial score (nSPS) is 11.1. The van der Waals surface area contributed by atoms with Crippen LogP contribution >= 0.6 is 0 Å². The van der Waals surface area contributed by atoms with Crippen LogP contribution in [0.1, 0.15) is 12.8 Å². The average Bonchev–Trinajstić information content (AvgIpc) is 2.11. The largest absolute Gasteiger partial charge is 0.409 e. The number of nitrogens with zero attached hydrogens (tertiary/aromatic N) is 2. The highest BCUT2D eigenvalue weighted by molar-refractivity contribution is 5.79. The van der Waals surface area contributed by atoms with E-state index in [1.807, 2.05) is 0 Å². The molecule has 0 spiro atoms.